The quantitative estimate of drug-likeness (QED) is 0.616. The summed E-state index contributed by atoms with van der Waals surface area (Å²) in [7, 11) is 0. The molecular weight excluding hydrogens is 188 g/mol. The first-order chi connectivity index (χ1) is 4.48. The van der Waals surface area contributed by atoms with Crippen LogP contribution in [0, 0.1) is 11.3 Å². The highest BCUT2D eigenvalue weighted by atomic mass is 79.9. The number of halogens is 1. The highest BCUT2D eigenvalue weighted by molar-refractivity contribution is 9.09. The summed E-state index contributed by atoms with van der Waals surface area (Å²) in [5.41, 5.74) is 0.488. The van der Waals surface area contributed by atoms with Crippen molar-refractivity contribution in [3.05, 3.63) is 0 Å². The summed E-state index contributed by atoms with van der Waals surface area (Å²) in [5, 5.41) is 1.15. The van der Waals surface area contributed by atoms with Crippen LogP contribution in [0.5, 0.6) is 0 Å². The van der Waals surface area contributed by atoms with Crippen LogP contribution in [0.25, 0.3) is 0 Å². The van der Waals surface area contributed by atoms with Crippen LogP contribution in [0.3, 0.4) is 0 Å². The van der Waals surface area contributed by atoms with E-state index in [0.29, 0.717) is 5.41 Å². The van der Waals surface area contributed by atoms with Crippen LogP contribution in [0.4, 0.5) is 0 Å². The maximum atomic E-state index is 3.44. The van der Waals surface area contributed by atoms with E-state index in [4.69, 9.17) is 0 Å². The molecule has 0 nitrogen and oxygen atoms in total. The molecule has 0 heterocycles. The average molecular weight is 207 g/mol. The van der Waals surface area contributed by atoms with Crippen LogP contribution in [0.1, 0.15) is 40.5 Å². The lowest BCUT2D eigenvalue weighted by Crippen LogP contribution is -2.16. The fourth-order valence-corrected chi connectivity index (χ4v) is 1.14. The summed E-state index contributed by atoms with van der Waals surface area (Å²) in [4.78, 5) is 0. The molecule has 62 valence electrons. The summed E-state index contributed by atoms with van der Waals surface area (Å²) >= 11 is 3.44. The van der Waals surface area contributed by atoms with Gasteiger partial charge in [0.05, 0.1) is 0 Å². The van der Waals surface area contributed by atoms with Gasteiger partial charge < -0.3 is 0 Å². The van der Waals surface area contributed by atoms with Crippen molar-refractivity contribution in [2.24, 2.45) is 11.3 Å². The molecule has 0 aliphatic heterocycles. The van der Waals surface area contributed by atoms with E-state index >= 15 is 0 Å². The topological polar surface area (TPSA) is 0 Å². The van der Waals surface area contributed by atoms with Gasteiger partial charge >= 0.3 is 0 Å². The monoisotopic (exact) mass is 206 g/mol. The second-order valence-corrected chi connectivity index (χ2v) is 4.89. The Labute approximate surface area is 73.5 Å². The Kier molecular flexibility index (Phi) is 4.59. The lowest BCUT2D eigenvalue weighted by atomic mass is 9.80. The van der Waals surface area contributed by atoms with Crippen LogP contribution in [-0.2, 0) is 0 Å². The van der Waals surface area contributed by atoms with Crippen molar-refractivity contribution in [1.82, 2.24) is 0 Å². The predicted molar refractivity (Wildman–Crippen MR) is 51.6 cm³/mol. The molecule has 1 atom stereocenters. The van der Waals surface area contributed by atoms with E-state index in [1.807, 2.05) is 0 Å². The third-order valence-electron chi connectivity index (χ3n) is 2.25. The molecule has 0 aromatic heterocycles. The maximum Gasteiger partial charge on any atom is 0.00314 e. The molecule has 0 fully saturated rings. The van der Waals surface area contributed by atoms with Gasteiger partial charge in [0, 0.05) is 5.33 Å². The van der Waals surface area contributed by atoms with Crippen molar-refractivity contribution in [2.75, 3.05) is 5.33 Å². The van der Waals surface area contributed by atoms with Crippen LogP contribution in [0.15, 0.2) is 0 Å². The van der Waals surface area contributed by atoms with Gasteiger partial charge in [0.25, 0.3) is 0 Å². The van der Waals surface area contributed by atoms with Crippen LogP contribution < -0.4 is 0 Å². The molecule has 0 N–H and O–H groups in total. The van der Waals surface area contributed by atoms with E-state index in [0.717, 1.165) is 11.2 Å². The Bertz CT molecular complexity index is 81.2. The molecule has 0 spiro atoms. The summed E-state index contributed by atoms with van der Waals surface area (Å²) < 4.78 is 0. The van der Waals surface area contributed by atoms with Crippen molar-refractivity contribution in [3.8, 4) is 0 Å². The van der Waals surface area contributed by atoms with E-state index in [1.165, 1.54) is 12.8 Å². The minimum atomic E-state index is 0.488. The van der Waals surface area contributed by atoms with Gasteiger partial charge in [-0.15, -0.1) is 0 Å². The molecular formula is C9H19Br. The summed E-state index contributed by atoms with van der Waals surface area (Å²) in [6, 6.07) is 0. The summed E-state index contributed by atoms with van der Waals surface area (Å²) in [6.45, 7) is 9.27. The third-order valence-corrected chi connectivity index (χ3v) is 2.81. The largest absolute Gasteiger partial charge is 0.0928 e. The van der Waals surface area contributed by atoms with Gasteiger partial charge in [0.1, 0.15) is 0 Å². The minimum absolute atomic E-state index is 0.488. The Hall–Kier alpha value is 0.480. The standard InChI is InChI=1S/C9H19Br/c1-8(6-5-7-10)9(2,3)4/h8H,5-7H2,1-4H3. The van der Waals surface area contributed by atoms with Crippen molar-refractivity contribution >= 4 is 15.9 Å². The molecule has 0 aliphatic rings. The summed E-state index contributed by atoms with van der Waals surface area (Å²) in [5.74, 6) is 0.838. The zero-order valence-electron chi connectivity index (χ0n) is 7.58. The first kappa shape index (κ1) is 10.5. The SMILES string of the molecule is CC(CCCBr)C(C)(C)C. The molecule has 0 aromatic rings. The van der Waals surface area contributed by atoms with E-state index in [-0.39, 0.29) is 0 Å². The number of alkyl halides is 1. The van der Waals surface area contributed by atoms with Crippen LogP contribution in [-0.4, -0.2) is 5.33 Å². The van der Waals surface area contributed by atoms with Crippen molar-refractivity contribution < 1.29 is 0 Å². The van der Waals surface area contributed by atoms with Gasteiger partial charge in [-0.2, -0.15) is 0 Å². The van der Waals surface area contributed by atoms with E-state index < -0.39 is 0 Å². The fraction of sp³-hybridized carbons (Fsp3) is 1.00. The van der Waals surface area contributed by atoms with Gasteiger partial charge in [-0.05, 0) is 24.2 Å². The minimum Gasteiger partial charge on any atom is -0.0928 e. The molecule has 0 aliphatic carbocycles. The number of rotatable bonds is 3. The predicted octanol–water partition coefficient (Wildman–Crippen LogP) is 3.84. The molecule has 1 unspecified atom stereocenters. The highest BCUT2D eigenvalue weighted by Crippen LogP contribution is 2.28. The molecule has 0 rings (SSSR count). The Morgan fingerprint density at radius 2 is 1.80 bits per heavy atom. The Morgan fingerprint density at radius 1 is 1.30 bits per heavy atom. The van der Waals surface area contributed by atoms with Gasteiger partial charge in [0.15, 0.2) is 0 Å². The molecule has 0 amide bonds. The average Bonchev–Trinajstić information content (AvgIpc) is 1.80. The van der Waals surface area contributed by atoms with Crippen LogP contribution >= 0.6 is 15.9 Å². The Balaban J connectivity index is 3.52. The molecule has 1 heteroatoms. The molecule has 0 saturated heterocycles. The molecule has 10 heavy (non-hydrogen) atoms. The summed E-state index contributed by atoms with van der Waals surface area (Å²) in [6.07, 6.45) is 2.65. The third kappa shape index (κ3) is 4.32. The van der Waals surface area contributed by atoms with Crippen molar-refractivity contribution in [3.63, 3.8) is 0 Å². The van der Waals surface area contributed by atoms with Gasteiger partial charge in [-0.3, -0.25) is 0 Å². The van der Waals surface area contributed by atoms with E-state index in [1.54, 1.807) is 0 Å². The van der Waals surface area contributed by atoms with Crippen molar-refractivity contribution in [2.45, 2.75) is 40.5 Å². The smallest absolute Gasteiger partial charge is 0.00314 e. The van der Waals surface area contributed by atoms with Crippen LogP contribution in [0.2, 0.25) is 0 Å². The normalized spacial score (nSPS) is 15.3. The second kappa shape index (κ2) is 4.38. The second-order valence-electron chi connectivity index (χ2n) is 4.10. The van der Waals surface area contributed by atoms with Gasteiger partial charge in [-0.1, -0.05) is 43.6 Å². The first-order valence-electron chi connectivity index (χ1n) is 4.04. The fourth-order valence-electron chi connectivity index (χ4n) is 0.816. The van der Waals surface area contributed by atoms with E-state index in [9.17, 15) is 0 Å². The number of hydrogen-bond acceptors (Lipinski definition) is 0. The lowest BCUT2D eigenvalue weighted by molar-refractivity contribution is 0.246. The molecule has 0 saturated carbocycles. The Morgan fingerprint density at radius 3 is 2.10 bits per heavy atom. The zero-order valence-corrected chi connectivity index (χ0v) is 9.16. The van der Waals surface area contributed by atoms with Crippen molar-refractivity contribution in [1.29, 1.82) is 0 Å². The van der Waals surface area contributed by atoms with Gasteiger partial charge in [0.2, 0.25) is 0 Å². The maximum absolute atomic E-state index is 3.44. The zero-order chi connectivity index (χ0) is 8.20. The first-order valence-corrected chi connectivity index (χ1v) is 5.16. The molecule has 0 bridgehead atoms. The molecule has 0 radical (unpaired) electrons. The highest BCUT2D eigenvalue weighted by Gasteiger charge is 2.18. The lowest BCUT2D eigenvalue weighted by Gasteiger charge is -2.26. The number of hydrogen-bond donors (Lipinski definition) is 0. The van der Waals surface area contributed by atoms with E-state index in [2.05, 4.69) is 43.6 Å². The molecule has 0 aromatic carbocycles. The van der Waals surface area contributed by atoms with Gasteiger partial charge in [-0.25, -0.2) is 0 Å².